The second-order valence-electron chi connectivity index (χ2n) is 11.0. The molecule has 9 nitrogen and oxygen atoms in total. The van der Waals surface area contributed by atoms with E-state index < -0.39 is 9.84 Å². The lowest BCUT2D eigenvalue weighted by Crippen LogP contribution is -2.36. The van der Waals surface area contributed by atoms with Crippen molar-refractivity contribution in [2.24, 2.45) is 5.92 Å². The summed E-state index contributed by atoms with van der Waals surface area (Å²) >= 11 is 1.80. The Labute approximate surface area is 239 Å². The van der Waals surface area contributed by atoms with Crippen molar-refractivity contribution < 1.29 is 17.9 Å². The normalized spacial score (nSPS) is 17.8. The van der Waals surface area contributed by atoms with Crippen LogP contribution in [0, 0.1) is 12.8 Å². The van der Waals surface area contributed by atoms with E-state index >= 15 is 0 Å². The Morgan fingerprint density at radius 3 is 2.65 bits per heavy atom. The van der Waals surface area contributed by atoms with Gasteiger partial charge in [0.15, 0.2) is 21.5 Å². The van der Waals surface area contributed by atoms with Gasteiger partial charge in [0, 0.05) is 67.1 Å². The molecule has 4 aromatic rings. The van der Waals surface area contributed by atoms with Gasteiger partial charge in [0.05, 0.1) is 28.3 Å². The van der Waals surface area contributed by atoms with E-state index in [1.165, 1.54) is 29.5 Å². The molecule has 2 fully saturated rings. The number of nitrogens with one attached hydrogen (secondary N) is 1. The molecule has 2 aliphatic rings. The molecule has 2 saturated heterocycles. The SMILES string of the molecule is COCCC1CCN(Cc2sc3c(N4CCOCC4)nc(-c4cc(S(C)(=O)=O)cc5[nH]ccc45)nc3c2C)CC1. The van der Waals surface area contributed by atoms with Gasteiger partial charge in [-0.2, -0.15) is 0 Å². The van der Waals surface area contributed by atoms with Crippen LogP contribution in [0.15, 0.2) is 29.3 Å². The van der Waals surface area contributed by atoms with E-state index in [1.54, 1.807) is 30.6 Å². The molecule has 40 heavy (non-hydrogen) atoms. The van der Waals surface area contributed by atoms with E-state index in [2.05, 4.69) is 21.7 Å². The van der Waals surface area contributed by atoms with Crippen LogP contribution in [0.4, 0.5) is 5.82 Å². The number of rotatable bonds is 8. The number of methoxy groups -OCH3 is 1. The maximum Gasteiger partial charge on any atom is 0.175 e. The quantitative estimate of drug-likeness (QED) is 0.320. The van der Waals surface area contributed by atoms with Gasteiger partial charge in [0.1, 0.15) is 0 Å². The molecule has 11 heteroatoms. The number of nitrogens with zero attached hydrogens (tertiary/aromatic N) is 4. The fraction of sp³-hybridized carbons (Fsp3) is 0.517. The van der Waals surface area contributed by atoms with Gasteiger partial charge in [-0.1, -0.05) is 0 Å². The smallest absolute Gasteiger partial charge is 0.175 e. The third-order valence-corrected chi connectivity index (χ3v) is 10.6. The summed E-state index contributed by atoms with van der Waals surface area (Å²) in [5.74, 6) is 2.21. The third-order valence-electron chi connectivity index (χ3n) is 8.27. The molecule has 0 aliphatic carbocycles. The minimum atomic E-state index is -3.42. The van der Waals surface area contributed by atoms with E-state index in [4.69, 9.17) is 19.4 Å². The summed E-state index contributed by atoms with van der Waals surface area (Å²) in [6.07, 6.45) is 6.62. The fourth-order valence-electron chi connectivity index (χ4n) is 5.84. The molecular weight excluding hydrogens is 546 g/mol. The molecule has 0 saturated carbocycles. The van der Waals surface area contributed by atoms with Crippen molar-refractivity contribution in [3.8, 4) is 11.4 Å². The van der Waals surface area contributed by atoms with Crippen molar-refractivity contribution in [2.45, 2.75) is 37.6 Å². The summed E-state index contributed by atoms with van der Waals surface area (Å²) in [6.45, 7) is 8.94. The number of likely N-dealkylation sites (tertiary alicyclic amines) is 1. The first-order valence-electron chi connectivity index (χ1n) is 14.0. The minimum Gasteiger partial charge on any atom is -0.385 e. The summed E-state index contributed by atoms with van der Waals surface area (Å²) in [7, 11) is -1.64. The summed E-state index contributed by atoms with van der Waals surface area (Å²) in [5, 5.41) is 0.907. The Morgan fingerprint density at radius 1 is 1.15 bits per heavy atom. The van der Waals surface area contributed by atoms with Crippen LogP contribution in [0.1, 0.15) is 29.7 Å². The lowest BCUT2D eigenvalue weighted by atomic mass is 9.94. The number of sulfone groups is 1. The van der Waals surface area contributed by atoms with Crippen LogP contribution in [0.5, 0.6) is 0 Å². The summed E-state index contributed by atoms with van der Waals surface area (Å²) in [6, 6.07) is 5.36. The molecule has 5 heterocycles. The van der Waals surface area contributed by atoms with Crippen molar-refractivity contribution in [1.82, 2.24) is 19.9 Å². The van der Waals surface area contributed by atoms with E-state index in [1.807, 2.05) is 12.3 Å². The molecule has 0 bridgehead atoms. The van der Waals surface area contributed by atoms with E-state index in [0.29, 0.717) is 19.0 Å². The first kappa shape index (κ1) is 27.6. The monoisotopic (exact) mass is 583 g/mol. The standard InChI is InChI=1S/C29H37N5O4S2/c1-19-25(18-33-9-5-20(6-10-33)7-13-37-2)39-27-26(19)31-28(32-29(27)34-11-14-38-15-12-34)23-16-21(40(3,35)36)17-24-22(23)4-8-30-24/h4,8,16-17,20,30H,5-7,9-15,18H2,1-3H3. The zero-order valence-corrected chi connectivity index (χ0v) is 25.0. The maximum absolute atomic E-state index is 12.5. The third kappa shape index (κ3) is 5.49. The minimum absolute atomic E-state index is 0.255. The predicted molar refractivity (Wildman–Crippen MR) is 160 cm³/mol. The molecule has 2 aliphatic heterocycles. The molecule has 0 amide bonds. The highest BCUT2D eigenvalue weighted by atomic mass is 32.2. The van der Waals surface area contributed by atoms with Crippen LogP contribution >= 0.6 is 11.3 Å². The summed E-state index contributed by atoms with van der Waals surface area (Å²) < 4.78 is 37.1. The Hall–Kier alpha value is -2.57. The molecule has 0 spiro atoms. The van der Waals surface area contributed by atoms with Gasteiger partial charge in [-0.3, -0.25) is 4.90 Å². The highest BCUT2D eigenvalue weighted by Gasteiger charge is 2.26. The number of fused-ring (bicyclic) bond motifs is 2. The van der Waals surface area contributed by atoms with Crippen molar-refractivity contribution in [1.29, 1.82) is 0 Å². The fourth-order valence-corrected chi connectivity index (χ4v) is 7.81. The molecule has 6 rings (SSSR count). The number of hydrogen-bond acceptors (Lipinski definition) is 9. The predicted octanol–water partition coefficient (Wildman–Crippen LogP) is 4.64. The highest BCUT2D eigenvalue weighted by Crippen LogP contribution is 2.40. The average molecular weight is 584 g/mol. The van der Waals surface area contributed by atoms with E-state index in [-0.39, 0.29) is 4.90 Å². The second kappa shape index (κ2) is 11.4. The topological polar surface area (TPSA) is 101 Å². The van der Waals surface area contributed by atoms with Gasteiger partial charge in [0.25, 0.3) is 0 Å². The number of aryl methyl sites for hydroxylation is 1. The number of anilines is 1. The number of benzene rings is 1. The van der Waals surface area contributed by atoms with Crippen molar-refractivity contribution in [3.05, 3.63) is 34.8 Å². The number of piperidine rings is 1. The number of morpholine rings is 1. The van der Waals surface area contributed by atoms with Gasteiger partial charge in [-0.05, 0) is 69.0 Å². The number of thiophene rings is 1. The van der Waals surface area contributed by atoms with Crippen LogP contribution in [-0.2, 0) is 25.9 Å². The Morgan fingerprint density at radius 2 is 1.93 bits per heavy atom. The van der Waals surface area contributed by atoms with Gasteiger partial charge in [-0.25, -0.2) is 18.4 Å². The summed E-state index contributed by atoms with van der Waals surface area (Å²) in [4.78, 5) is 19.8. The molecule has 1 N–H and O–H groups in total. The number of aromatic nitrogens is 3. The van der Waals surface area contributed by atoms with Gasteiger partial charge in [0.2, 0.25) is 0 Å². The largest absolute Gasteiger partial charge is 0.385 e. The Bertz CT molecular complexity index is 1620. The van der Waals surface area contributed by atoms with E-state index in [0.717, 1.165) is 84.2 Å². The lowest BCUT2D eigenvalue weighted by Gasteiger charge is -2.31. The molecular formula is C29H37N5O4S2. The second-order valence-corrected chi connectivity index (χ2v) is 14.1. The maximum atomic E-state index is 12.5. The number of H-pyrrole nitrogens is 1. The number of ether oxygens (including phenoxy) is 2. The molecule has 0 unspecified atom stereocenters. The molecule has 214 valence electrons. The first-order chi connectivity index (χ1) is 19.3. The Balaban J connectivity index is 1.41. The molecule has 0 atom stereocenters. The van der Waals surface area contributed by atoms with E-state index in [9.17, 15) is 8.42 Å². The van der Waals surface area contributed by atoms with Crippen LogP contribution in [0.2, 0.25) is 0 Å². The highest BCUT2D eigenvalue weighted by molar-refractivity contribution is 7.90. The van der Waals surface area contributed by atoms with Crippen molar-refractivity contribution in [2.75, 3.05) is 64.3 Å². The number of aromatic amines is 1. The zero-order valence-electron chi connectivity index (χ0n) is 23.4. The van der Waals surface area contributed by atoms with Gasteiger partial charge < -0.3 is 19.4 Å². The van der Waals surface area contributed by atoms with Gasteiger partial charge >= 0.3 is 0 Å². The lowest BCUT2D eigenvalue weighted by molar-refractivity contribution is 0.122. The van der Waals surface area contributed by atoms with Crippen LogP contribution < -0.4 is 4.90 Å². The van der Waals surface area contributed by atoms with Crippen LogP contribution in [-0.4, -0.2) is 87.6 Å². The van der Waals surface area contributed by atoms with Crippen molar-refractivity contribution in [3.63, 3.8) is 0 Å². The van der Waals surface area contributed by atoms with Crippen molar-refractivity contribution >= 4 is 48.1 Å². The van der Waals surface area contributed by atoms with Crippen LogP contribution in [0.25, 0.3) is 32.5 Å². The molecule has 3 aromatic heterocycles. The van der Waals surface area contributed by atoms with Gasteiger partial charge in [-0.15, -0.1) is 11.3 Å². The Kier molecular flexibility index (Phi) is 7.84. The average Bonchev–Trinajstić information content (AvgIpc) is 3.56. The number of hydrogen-bond donors (Lipinski definition) is 1. The molecule has 0 radical (unpaired) electrons. The zero-order chi connectivity index (χ0) is 27.9. The molecule has 1 aromatic carbocycles. The summed E-state index contributed by atoms with van der Waals surface area (Å²) in [5.41, 5.74) is 3.62. The first-order valence-corrected chi connectivity index (χ1v) is 16.7. The van der Waals surface area contributed by atoms with Crippen LogP contribution in [0.3, 0.4) is 0 Å².